The molecule has 0 aliphatic carbocycles. The molecule has 1 amide bonds. The molecule has 0 radical (unpaired) electrons. The van der Waals surface area contributed by atoms with E-state index in [9.17, 15) is 9.90 Å². The second-order valence-corrected chi connectivity index (χ2v) is 8.71. The van der Waals surface area contributed by atoms with Crippen molar-refractivity contribution in [1.29, 1.82) is 5.26 Å². The molecule has 26 heavy (non-hydrogen) atoms. The van der Waals surface area contributed by atoms with Gasteiger partial charge in [0, 0.05) is 24.9 Å². The van der Waals surface area contributed by atoms with E-state index in [2.05, 4.69) is 6.07 Å². The Hall–Kier alpha value is -2.06. The third-order valence-corrected chi connectivity index (χ3v) is 5.50. The fraction of sp³-hybridized carbons (Fsp3) is 0.619. The van der Waals surface area contributed by atoms with Crippen LogP contribution in [0.2, 0.25) is 0 Å². The number of aliphatic hydroxyl groups is 1. The van der Waals surface area contributed by atoms with Gasteiger partial charge in [0.25, 0.3) is 0 Å². The van der Waals surface area contributed by atoms with Gasteiger partial charge < -0.3 is 14.7 Å². The number of ether oxygens (including phenoxy) is 1. The number of hydrogen-bond donors (Lipinski definition) is 1. The molecular formula is C21H28N2O3. The largest absolute Gasteiger partial charge is 0.444 e. The van der Waals surface area contributed by atoms with E-state index in [0.29, 0.717) is 18.4 Å². The number of aryl methyl sites for hydroxylation is 1. The molecule has 140 valence electrons. The number of amides is 1. The molecule has 2 heterocycles. The van der Waals surface area contributed by atoms with Gasteiger partial charge in [-0.3, -0.25) is 0 Å². The van der Waals surface area contributed by atoms with E-state index in [1.807, 2.05) is 44.7 Å². The predicted molar refractivity (Wildman–Crippen MR) is 98.5 cm³/mol. The lowest BCUT2D eigenvalue weighted by Gasteiger charge is -2.52. The summed E-state index contributed by atoms with van der Waals surface area (Å²) in [5.41, 5.74) is 0.854. The highest BCUT2D eigenvalue weighted by atomic mass is 16.6. The van der Waals surface area contributed by atoms with Crippen LogP contribution in [0.1, 0.15) is 69.6 Å². The number of carbonyl (C=O) groups is 1. The van der Waals surface area contributed by atoms with Crippen molar-refractivity contribution in [3.63, 3.8) is 0 Å². The molecule has 0 aromatic heterocycles. The Bertz CT molecular complexity index is 731. The fourth-order valence-corrected chi connectivity index (χ4v) is 4.36. The molecule has 2 aliphatic rings. The van der Waals surface area contributed by atoms with E-state index in [0.717, 1.165) is 30.4 Å². The third kappa shape index (κ3) is 3.57. The molecular weight excluding hydrogens is 328 g/mol. The molecule has 1 aromatic carbocycles. The first-order valence-corrected chi connectivity index (χ1v) is 9.38. The van der Waals surface area contributed by atoms with Crippen LogP contribution in [0, 0.1) is 18.3 Å². The number of fused-ring (bicyclic) bond motifs is 2. The number of benzene rings is 1. The second kappa shape index (κ2) is 6.59. The molecule has 2 unspecified atom stereocenters. The maximum atomic E-state index is 12.7. The zero-order chi connectivity index (χ0) is 19.1. The molecule has 2 aliphatic heterocycles. The maximum absolute atomic E-state index is 12.7. The van der Waals surface area contributed by atoms with Gasteiger partial charge >= 0.3 is 6.09 Å². The van der Waals surface area contributed by atoms with Crippen molar-refractivity contribution in [2.75, 3.05) is 0 Å². The van der Waals surface area contributed by atoms with Crippen molar-refractivity contribution in [2.24, 2.45) is 0 Å². The average Bonchev–Trinajstić information content (AvgIpc) is 2.52. The lowest BCUT2D eigenvalue weighted by atomic mass is 9.72. The van der Waals surface area contributed by atoms with Crippen LogP contribution >= 0.6 is 0 Å². The van der Waals surface area contributed by atoms with E-state index >= 15 is 0 Å². The number of piperidine rings is 2. The molecule has 1 aromatic rings. The summed E-state index contributed by atoms with van der Waals surface area (Å²) in [4.78, 5) is 14.6. The molecule has 0 spiro atoms. The van der Waals surface area contributed by atoms with Crippen LogP contribution in [0.4, 0.5) is 4.79 Å². The van der Waals surface area contributed by atoms with E-state index in [1.54, 1.807) is 6.07 Å². The smallest absolute Gasteiger partial charge is 0.410 e. The van der Waals surface area contributed by atoms with Gasteiger partial charge in [0.1, 0.15) is 5.60 Å². The van der Waals surface area contributed by atoms with E-state index < -0.39 is 11.2 Å². The van der Waals surface area contributed by atoms with Crippen LogP contribution in [0.15, 0.2) is 18.2 Å². The minimum atomic E-state index is -0.965. The van der Waals surface area contributed by atoms with Crippen molar-refractivity contribution in [2.45, 2.75) is 83.1 Å². The fourth-order valence-electron chi connectivity index (χ4n) is 4.36. The molecule has 2 bridgehead atoms. The van der Waals surface area contributed by atoms with Crippen molar-refractivity contribution in [1.82, 2.24) is 4.90 Å². The molecule has 3 rings (SSSR count). The molecule has 1 N–H and O–H groups in total. The van der Waals surface area contributed by atoms with Crippen LogP contribution in [0.3, 0.4) is 0 Å². The zero-order valence-electron chi connectivity index (χ0n) is 16.1. The van der Waals surface area contributed by atoms with Crippen molar-refractivity contribution < 1.29 is 14.6 Å². The van der Waals surface area contributed by atoms with Gasteiger partial charge in [-0.2, -0.15) is 5.26 Å². The minimum Gasteiger partial charge on any atom is -0.444 e. The first-order chi connectivity index (χ1) is 12.1. The molecule has 5 heteroatoms. The summed E-state index contributed by atoms with van der Waals surface area (Å²) in [7, 11) is 0. The summed E-state index contributed by atoms with van der Waals surface area (Å²) in [5, 5.41) is 20.5. The number of nitriles is 1. The van der Waals surface area contributed by atoms with Crippen LogP contribution in [-0.2, 0) is 10.3 Å². The standard InChI is InChI=1S/C21H28N2O3/c1-14-10-16(9-8-15(14)13-22)21(25)11-17-6-5-7-18(12-21)23(17)19(24)26-20(2,3)4/h8-10,17-18,25H,5-7,11-12H2,1-4H3. The summed E-state index contributed by atoms with van der Waals surface area (Å²) >= 11 is 0. The lowest BCUT2D eigenvalue weighted by Crippen LogP contribution is -2.59. The van der Waals surface area contributed by atoms with Crippen LogP contribution in [0.25, 0.3) is 0 Å². The summed E-state index contributed by atoms with van der Waals surface area (Å²) in [6, 6.07) is 7.68. The molecule has 5 nitrogen and oxygen atoms in total. The maximum Gasteiger partial charge on any atom is 0.410 e. The van der Waals surface area contributed by atoms with Crippen LogP contribution < -0.4 is 0 Å². The van der Waals surface area contributed by atoms with Gasteiger partial charge in [-0.1, -0.05) is 12.1 Å². The highest BCUT2D eigenvalue weighted by Crippen LogP contribution is 2.45. The number of nitrogens with zero attached hydrogens (tertiary/aromatic N) is 2. The highest BCUT2D eigenvalue weighted by Gasteiger charge is 2.49. The zero-order valence-corrected chi connectivity index (χ0v) is 16.1. The Balaban J connectivity index is 1.86. The topological polar surface area (TPSA) is 73.6 Å². The van der Waals surface area contributed by atoms with Crippen LogP contribution in [-0.4, -0.2) is 33.8 Å². The Labute approximate surface area is 155 Å². The monoisotopic (exact) mass is 356 g/mol. The third-order valence-electron chi connectivity index (χ3n) is 5.50. The van der Waals surface area contributed by atoms with Crippen molar-refractivity contribution in [3.05, 3.63) is 34.9 Å². The van der Waals surface area contributed by atoms with Gasteiger partial charge in [-0.25, -0.2) is 4.79 Å². The Morgan fingerprint density at radius 1 is 1.31 bits per heavy atom. The van der Waals surface area contributed by atoms with Gasteiger partial charge in [-0.15, -0.1) is 0 Å². The Morgan fingerprint density at radius 3 is 2.42 bits per heavy atom. The van der Waals surface area contributed by atoms with Crippen molar-refractivity contribution in [3.8, 4) is 6.07 Å². The number of carbonyl (C=O) groups excluding carboxylic acids is 1. The molecule has 2 fully saturated rings. The summed E-state index contributed by atoms with van der Waals surface area (Å²) in [5.74, 6) is 0. The van der Waals surface area contributed by atoms with E-state index in [4.69, 9.17) is 10.00 Å². The predicted octanol–water partition coefficient (Wildman–Crippen LogP) is 4.01. The van der Waals surface area contributed by atoms with E-state index in [-0.39, 0.29) is 18.2 Å². The van der Waals surface area contributed by atoms with Crippen molar-refractivity contribution >= 4 is 6.09 Å². The quantitative estimate of drug-likeness (QED) is 0.825. The van der Waals surface area contributed by atoms with Crippen LogP contribution in [0.5, 0.6) is 0 Å². The first kappa shape index (κ1) is 18.7. The number of hydrogen-bond acceptors (Lipinski definition) is 4. The van der Waals surface area contributed by atoms with Gasteiger partial charge in [0.05, 0.1) is 17.2 Å². The summed E-state index contributed by atoms with van der Waals surface area (Å²) < 4.78 is 5.61. The average molecular weight is 356 g/mol. The number of rotatable bonds is 1. The summed E-state index contributed by atoms with van der Waals surface area (Å²) in [6.45, 7) is 7.52. The second-order valence-electron chi connectivity index (χ2n) is 8.71. The molecule has 2 atom stereocenters. The normalized spacial score (nSPS) is 28.4. The summed E-state index contributed by atoms with van der Waals surface area (Å²) in [6.07, 6.45) is 3.57. The highest BCUT2D eigenvalue weighted by molar-refractivity contribution is 5.69. The molecule has 2 saturated heterocycles. The van der Waals surface area contributed by atoms with Gasteiger partial charge in [-0.05, 0) is 64.2 Å². The van der Waals surface area contributed by atoms with E-state index in [1.165, 1.54) is 0 Å². The lowest BCUT2D eigenvalue weighted by molar-refractivity contribution is -0.0965. The minimum absolute atomic E-state index is 0.0155. The Kier molecular flexibility index (Phi) is 4.74. The Morgan fingerprint density at radius 2 is 1.92 bits per heavy atom. The van der Waals surface area contributed by atoms with Gasteiger partial charge in [0.2, 0.25) is 0 Å². The SMILES string of the molecule is Cc1cc(C2(O)CC3CCCC(C2)N3C(=O)OC(C)(C)C)ccc1C#N. The molecule has 0 saturated carbocycles. The van der Waals surface area contributed by atoms with Gasteiger partial charge in [0.15, 0.2) is 0 Å². The first-order valence-electron chi connectivity index (χ1n) is 9.38.